The molecule has 1 aromatic rings. The molecular weight excluding hydrogens is 260 g/mol. The summed E-state index contributed by atoms with van der Waals surface area (Å²) in [4.78, 5) is 18.7. The van der Waals surface area contributed by atoms with E-state index in [0.717, 1.165) is 0 Å². The fraction of sp³-hybridized carbons (Fsp3) is 0.500. The molecule has 1 rings (SSSR count). The van der Waals surface area contributed by atoms with E-state index in [4.69, 9.17) is 22.1 Å². The molecule has 1 heterocycles. The molecule has 1 atom stereocenters. The van der Waals surface area contributed by atoms with Crippen LogP contribution in [0, 0.1) is 0 Å². The maximum atomic E-state index is 10.6. The third-order valence-corrected chi connectivity index (χ3v) is 2.18. The first-order valence-corrected chi connectivity index (χ1v) is 5.73. The van der Waals surface area contributed by atoms with Gasteiger partial charge >= 0.3 is 0 Å². The van der Waals surface area contributed by atoms with Crippen molar-refractivity contribution in [3.63, 3.8) is 0 Å². The molecule has 100 valence electrons. The highest BCUT2D eigenvalue weighted by molar-refractivity contribution is 6.29. The molecule has 0 radical (unpaired) electrons. The standard InChI is InChI=1S/C10H15ClN4O3/c1-2-18-5-9-14-7(11)3-8(15-9)13-4-6(16)10(12)17/h3,6,16H,2,4-5H2,1H3,(H2,12,17)(H,13,14,15). The number of hydrogen-bond acceptors (Lipinski definition) is 6. The van der Waals surface area contributed by atoms with Crippen LogP contribution in [0.3, 0.4) is 0 Å². The van der Waals surface area contributed by atoms with Gasteiger partial charge in [-0.2, -0.15) is 0 Å². The SMILES string of the molecule is CCOCc1nc(Cl)cc(NCC(O)C(N)=O)n1. The molecule has 0 aromatic carbocycles. The molecule has 0 aliphatic carbocycles. The average molecular weight is 275 g/mol. The first kappa shape index (κ1) is 14.6. The minimum atomic E-state index is -1.28. The summed E-state index contributed by atoms with van der Waals surface area (Å²) in [5.41, 5.74) is 4.92. The van der Waals surface area contributed by atoms with Crippen LogP contribution in [0.25, 0.3) is 0 Å². The van der Waals surface area contributed by atoms with Crippen LogP contribution in [0.4, 0.5) is 5.82 Å². The molecule has 8 heteroatoms. The number of hydrogen-bond donors (Lipinski definition) is 3. The first-order chi connectivity index (χ1) is 8.52. The van der Waals surface area contributed by atoms with E-state index in [2.05, 4.69) is 15.3 Å². The third-order valence-electron chi connectivity index (χ3n) is 1.98. The van der Waals surface area contributed by atoms with Gasteiger partial charge in [0.2, 0.25) is 5.91 Å². The molecule has 0 aliphatic rings. The highest BCUT2D eigenvalue weighted by Crippen LogP contribution is 2.12. The fourth-order valence-electron chi connectivity index (χ4n) is 1.11. The summed E-state index contributed by atoms with van der Waals surface area (Å²) in [6.07, 6.45) is -1.28. The van der Waals surface area contributed by atoms with Gasteiger partial charge in [-0.1, -0.05) is 11.6 Å². The Labute approximate surface area is 109 Å². The smallest absolute Gasteiger partial charge is 0.248 e. The topological polar surface area (TPSA) is 110 Å². The Kier molecular flexibility index (Phi) is 5.76. The van der Waals surface area contributed by atoms with Crippen LogP contribution in [-0.4, -0.2) is 40.2 Å². The number of amides is 1. The number of aliphatic hydroxyl groups excluding tert-OH is 1. The van der Waals surface area contributed by atoms with Crippen molar-refractivity contribution in [2.75, 3.05) is 18.5 Å². The third kappa shape index (κ3) is 4.82. The van der Waals surface area contributed by atoms with E-state index in [1.807, 2.05) is 6.92 Å². The summed E-state index contributed by atoms with van der Waals surface area (Å²) in [6.45, 7) is 2.59. The number of nitrogens with one attached hydrogen (secondary N) is 1. The van der Waals surface area contributed by atoms with E-state index in [1.165, 1.54) is 6.07 Å². The molecule has 18 heavy (non-hydrogen) atoms. The molecule has 0 spiro atoms. The summed E-state index contributed by atoms with van der Waals surface area (Å²) in [7, 11) is 0. The molecule has 1 unspecified atom stereocenters. The quantitative estimate of drug-likeness (QED) is 0.600. The van der Waals surface area contributed by atoms with Crippen LogP contribution in [0.1, 0.15) is 12.7 Å². The number of rotatable bonds is 7. The molecule has 4 N–H and O–H groups in total. The Morgan fingerprint density at radius 2 is 2.39 bits per heavy atom. The molecule has 0 aliphatic heterocycles. The number of primary amides is 1. The zero-order valence-electron chi connectivity index (χ0n) is 9.89. The van der Waals surface area contributed by atoms with Crippen molar-refractivity contribution in [3.05, 3.63) is 17.0 Å². The predicted molar refractivity (Wildman–Crippen MR) is 66.1 cm³/mol. The molecule has 0 saturated heterocycles. The summed E-state index contributed by atoms with van der Waals surface area (Å²) >= 11 is 5.81. The lowest BCUT2D eigenvalue weighted by Crippen LogP contribution is -2.34. The van der Waals surface area contributed by atoms with Gasteiger partial charge in [-0.25, -0.2) is 9.97 Å². The second kappa shape index (κ2) is 7.10. The number of nitrogens with two attached hydrogens (primary N) is 1. The van der Waals surface area contributed by atoms with Crippen molar-refractivity contribution in [1.29, 1.82) is 0 Å². The lowest BCUT2D eigenvalue weighted by molar-refractivity contribution is -0.125. The van der Waals surface area contributed by atoms with Gasteiger partial charge in [0.15, 0.2) is 5.82 Å². The van der Waals surface area contributed by atoms with Gasteiger partial charge in [-0.3, -0.25) is 4.79 Å². The molecule has 0 bridgehead atoms. The van der Waals surface area contributed by atoms with Gasteiger partial charge < -0.3 is 20.9 Å². The van der Waals surface area contributed by atoms with Crippen molar-refractivity contribution >= 4 is 23.3 Å². The highest BCUT2D eigenvalue weighted by atomic mass is 35.5. The van der Waals surface area contributed by atoms with Gasteiger partial charge in [0.1, 0.15) is 23.7 Å². The van der Waals surface area contributed by atoms with Crippen LogP contribution in [0.15, 0.2) is 6.07 Å². The highest BCUT2D eigenvalue weighted by Gasteiger charge is 2.11. The molecule has 0 fully saturated rings. The minimum Gasteiger partial charge on any atom is -0.381 e. The van der Waals surface area contributed by atoms with Crippen molar-refractivity contribution in [3.8, 4) is 0 Å². The molecule has 0 saturated carbocycles. The largest absolute Gasteiger partial charge is 0.381 e. The van der Waals surface area contributed by atoms with Gasteiger partial charge in [-0.15, -0.1) is 0 Å². The Hall–Kier alpha value is -1.44. The molecule has 7 nitrogen and oxygen atoms in total. The maximum Gasteiger partial charge on any atom is 0.248 e. The zero-order valence-corrected chi connectivity index (χ0v) is 10.6. The summed E-state index contributed by atoms with van der Waals surface area (Å²) in [5.74, 6) is 0.00242. The number of anilines is 1. The second-order valence-corrected chi connectivity index (χ2v) is 3.82. The summed E-state index contributed by atoms with van der Waals surface area (Å²) < 4.78 is 5.16. The van der Waals surface area contributed by atoms with Gasteiger partial charge in [0.25, 0.3) is 0 Å². The van der Waals surface area contributed by atoms with Gasteiger partial charge in [-0.05, 0) is 6.92 Å². The predicted octanol–water partition coefficient (Wildman–Crippen LogP) is -0.0754. The monoisotopic (exact) mass is 274 g/mol. The fourth-order valence-corrected chi connectivity index (χ4v) is 1.32. The molecular formula is C10H15ClN4O3. The van der Waals surface area contributed by atoms with Crippen LogP contribution in [0.5, 0.6) is 0 Å². The van der Waals surface area contributed by atoms with Crippen molar-refractivity contribution < 1.29 is 14.6 Å². The van der Waals surface area contributed by atoms with Crippen molar-refractivity contribution in [2.24, 2.45) is 5.73 Å². The molecule has 1 aromatic heterocycles. The number of aromatic nitrogens is 2. The number of ether oxygens (including phenoxy) is 1. The Bertz CT molecular complexity index is 416. The van der Waals surface area contributed by atoms with Crippen molar-refractivity contribution in [1.82, 2.24) is 9.97 Å². The van der Waals surface area contributed by atoms with Gasteiger partial charge in [0, 0.05) is 12.7 Å². The van der Waals surface area contributed by atoms with Crippen LogP contribution in [-0.2, 0) is 16.1 Å². The first-order valence-electron chi connectivity index (χ1n) is 5.35. The number of halogens is 1. The Morgan fingerprint density at radius 1 is 1.67 bits per heavy atom. The lowest BCUT2D eigenvalue weighted by Gasteiger charge is -2.10. The lowest BCUT2D eigenvalue weighted by atomic mass is 10.3. The number of nitrogens with zero attached hydrogens (tertiary/aromatic N) is 2. The summed E-state index contributed by atoms with van der Waals surface area (Å²) in [5, 5.41) is 12.2. The van der Waals surface area contributed by atoms with Crippen molar-refractivity contribution in [2.45, 2.75) is 19.6 Å². The normalized spacial score (nSPS) is 12.2. The van der Waals surface area contributed by atoms with E-state index in [1.54, 1.807) is 0 Å². The van der Waals surface area contributed by atoms with Crippen LogP contribution >= 0.6 is 11.6 Å². The number of aliphatic hydroxyl groups is 1. The van der Waals surface area contributed by atoms with E-state index in [0.29, 0.717) is 18.2 Å². The number of carbonyl (C=O) groups excluding carboxylic acids is 1. The van der Waals surface area contributed by atoms with E-state index in [-0.39, 0.29) is 18.3 Å². The minimum absolute atomic E-state index is 0.0449. The van der Waals surface area contributed by atoms with E-state index >= 15 is 0 Å². The van der Waals surface area contributed by atoms with Gasteiger partial charge in [0.05, 0.1) is 6.54 Å². The second-order valence-electron chi connectivity index (χ2n) is 3.43. The van der Waals surface area contributed by atoms with E-state index < -0.39 is 12.0 Å². The van der Waals surface area contributed by atoms with E-state index in [9.17, 15) is 9.90 Å². The van der Waals surface area contributed by atoms with Crippen LogP contribution < -0.4 is 11.1 Å². The van der Waals surface area contributed by atoms with Crippen LogP contribution in [0.2, 0.25) is 5.15 Å². The average Bonchev–Trinajstić information content (AvgIpc) is 2.32. The Balaban J connectivity index is 2.64. The summed E-state index contributed by atoms with van der Waals surface area (Å²) in [6, 6.07) is 1.48. The number of carbonyl (C=O) groups is 1. The Morgan fingerprint density at radius 3 is 3.00 bits per heavy atom. The maximum absolute atomic E-state index is 10.6. The zero-order chi connectivity index (χ0) is 13.5. The molecule has 1 amide bonds.